The molecule has 0 spiro atoms. The molecule has 120 valence electrons. The maximum absolute atomic E-state index is 10.3. The largest absolute Gasteiger partial charge is 0.389 e. The number of aliphatic hydroxyl groups is 1. The average Bonchev–Trinajstić information content (AvgIpc) is 2.38. The van der Waals surface area contributed by atoms with Gasteiger partial charge in [0.25, 0.3) is 0 Å². The van der Waals surface area contributed by atoms with Crippen LogP contribution in [-0.2, 0) is 0 Å². The molecule has 2 nitrogen and oxygen atoms in total. The molecule has 1 rings (SSSR count). The molecule has 0 bridgehead atoms. The second kappa shape index (κ2) is 10.6. The standard InChI is InChI=1S/C18H37NO/c1-3-15-18(2,20)16-19-17-13-11-9-7-5-4-6-8-10-12-14-17/h17,19-20H,3-16H2,1-2H3. The minimum absolute atomic E-state index is 0.529. The van der Waals surface area contributed by atoms with Crippen molar-refractivity contribution in [1.82, 2.24) is 5.32 Å². The lowest BCUT2D eigenvalue weighted by molar-refractivity contribution is 0.0463. The Labute approximate surface area is 126 Å². The molecule has 0 aliphatic heterocycles. The fourth-order valence-electron chi connectivity index (χ4n) is 3.36. The molecule has 1 saturated carbocycles. The molecule has 0 aromatic rings. The fourth-order valence-corrected chi connectivity index (χ4v) is 3.36. The Morgan fingerprint density at radius 2 is 1.35 bits per heavy atom. The summed E-state index contributed by atoms with van der Waals surface area (Å²) in [7, 11) is 0. The van der Waals surface area contributed by atoms with E-state index in [2.05, 4.69) is 12.2 Å². The predicted molar refractivity (Wildman–Crippen MR) is 88.1 cm³/mol. The van der Waals surface area contributed by atoms with Crippen LogP contribution in [0.25, 0.3) is 0 Å². The van der Waals surface area contributed by atoms with E-state index in [-0.39, 0.29) is 0 Å². The van der Waals surface area contributed by atoms with Crippen LogP contribution in [0.5, 0.6) is 0 Å². The van der Waals surface area contributed by atoms with Crippen molar-refractivity contribution in [2.75, 3.05) is 6.54 Å². The van der Waals surface area contributed by atoms with Gasteiger partial charge in [0, 0.05) is 12.6 Å². The van der Waals surface area contributed by atoms with Crippen molar-refractivity contribution in [3.05, 3.63) is 0 Å². The van der Waals surface area contributed by atoms with Crippen LogP contribution in [0.1, 0.15) is 97.3 Å². The highest BCUT2D eigenvalue weighted by Crippen LogP contribution is 2.18. The van der Waals surface area contributed by atoms with E-state index in [4.69, 9.17) is 0 Å². The lowest BCUT2D eigenvalue weighted by atomic mass is 9.96. The van der Waals surface area contributed by atoms with Crippen LogP contribution in [-0.4, -0.2) is 23.3 Å². The Bertz CT molecular complexity index is 215. The van der Waals surface area contributed by atoms with Gasteiger partial charge in [-0.25, -0.2) is 0 Å². The summed E-state index contributed by atoms with van der Waals surface area (Å²) in [6.45, 7) is 4.87. The summed E-state index contributed by atoms with van der Waals surface area (Å²) in [4.78, 5) is 0. The van der Waals surface area contributed by atoms with Crippen LogP contribution in [0, 0.1) is 0 Å². The van der Waals surface area contributed by atoms with E-state index >= 15 is 0 Å². The molecule has 0 radical (unpaired) electrons. The molecule has 0 heterocycles. The van der Waals surface area contributed by atoms with Crippen molar-refractivity contribution in [3.63, 3.8) is 0 Å². The molecular formula is C18H37NO. The SMILES string of the molecule is CCCC(C)(O)CNC1CCCCCCCCCCC1. The van der Waals surface area contributed by atoms with Crippen molar-refractivity contribution < 1.29 is 5.11 Å². The Hall–Kier alpha value is -0.0800. The minimum atomic E-state index is -0.529. The second-order valence-electron chi connectivity index (χ2n) is 7.08. The van der Waals surface area contributed by atoms with Gasteiger partial charge in [0.2, 0.25) is 0 Å². The van der Waals surface area contributed by atoms with Crippen LogP contribution >= 0.6 is 0 Å². The summed E-state index contributed by atoms with van der Waals surface area (Å²) in [6.07, 6.45) is 17.2. The minimum Gasteiger partial charge on any atom is -0.389 e. The molecule has 1 aliphatic rings. The summed E-state index contributed by atoms with van der Waals surface area (Å²) >= 11 is 0. The van der Waals surface area contributed by atoms with E-state index < -0.39 is 5.60 Å². The quantitative estimate of drug-likeness (QED) is 0.759. The Kier molecular flexibility index (Phi) is 9.54. The summed E-state index contributed by atoms with van der Waals surface area (Å²) < 4.78 is 0. The van der Waals surface area contributed by atoms with Gasteiger partial charge in [0.05, 0.1) is 5.60 Å². The molecule has 0 amide bonds. The fraction of sp³-hybridized carbons (Fsp3) is 1.00. The van der Waals surface area contributed by atoms with Crippen molar-refractivity contribution in [1.29, 1.82) is 0 Å². The van der Waals surface area contributed by atoms with Gasteiger partial charge in [-0.3, -0.25) is 0 Å². The van der Waals surface area contributed by atoms with Gasteiger partial charge in [-0.1, -0.05) is 71.1 Å². The lowest BCUT2D eigenvalue weighted by Crippen LogP contribution is -2.42. The predicted octanol–water partition coefficient (Wildman–Crippen LogP) is 4.80. The van der Waals surface area contributed by atoms with Crippen molar-refractivity contribution in [2.45, 2.75) is 109 Å². The molecule has 0 aromatic heterocycles. The van der Waals surface area contributed by atoms with Gasteiger partial charge < -0.3 is 10.4 Å². The van der Waals surface area contributed by atoms with Crippen LogP contribution in [0.15, 0.2) is 0 Å². The summed E-state index contributed by atoms with van der Waals surface area (Å²) in [5.74, 6) is 0. The number of hydrogen-bond acceptors (Lipinski definition) is 2. The van der Waals surface area contributed by atoms with E-state index in [0.29, 0.717) is 6.04 Å². The van der Waals surface area contributed by atoms with Gasteiger partial charge in [-0.2, -0.15) is 0 Å². The molecular weight excluding hydrogens is 246 g/mol. The zero-order valence-corrected chi connectivity index (χ0v) is 13.9. The number of hydrogen-bond donors (Lipinski definition) is 2. The van der Waals surface area contributed by atoms with Crippen LogP contribution in [0.2, 0.25) is 0 Å². The third-order valence-corrected chi connectivity index (χ3v) is 4.67. The molecule has 1 aliphatic carbocycles. The molecule has 1 unspecified atom stereocenters. The van der Waals surface area contributed by atoms with E-state index in [1.54, 1.807) is 0 Å². The first-order chi connectivity index (χ1) is 9.64. The van der Waals surface area contributed by atoms with Gasteiger partial charge >= 0.3 is 0 Å². The van der Waals surface area contributed by atoms with Crippen LogP contribution < -0.4 is 5.32 Å². The zero-order chi connectivity index (χ0) is 14.7. The van der Waals surface area contributed by atoms with Crippen LogP contribution in [0.3, 0.4) is 0 Å². The van der Waals surface area contributed by atoms with Crippen molar-refractivity contribution in [2.24, 2.45) is 0 Å². The third kappa shape index (κ3) is 8.97. The topological polar surface area (TPSA) is 32.3 Å². The first-order valence-electron chi connectivity index (χ1n) is 9.10. The number of rotatable bonds is 5. The molecule has 0 aromatic carbocycles. The third-order valence-electron chi connectivity index (χ3n) is 4.67. The molecule has 2 heteroatoms. The highest BCUT2D eigenvalue weighted by atomic mass is 16.3. The Morgan fingerprint density at radius 1 is 0.900 bits per heavy atom. The van der Waals surface area contributed by atoms with E-state index in [0.717, 1.165) is 19.4 Å². The average molecular weight is 283 g/mol. The van der Waals surface area contributed by atoms with Crippen LogP contribution in [0.4, 0.5) is 0 Å². The monoisotopic (exact) mass is 283 g/mol. The lowest BCUT2D eigenvalue weighted by Gasteiger charge is -2.27. The maximum atomic E-state index is 10.3. The molecule has 2 N–H and O–H groups in total. The van der Waals surface area contributed by atoms with E-state index in [9.17, 15) is 5.11 Å². The first-order valence-corrected chi connectivity index (χ1v) is 9.10. The maximum Gasteiger partial charge on any atom is 0.0743 e. The first kappa shape index (κ1) is 18.0. The molecule has 0 saturated heterocycles. The highest BCUT2D eigenvalue weighted by molar-refractivity contribution is 4.78. The smallest absolute Gasteiger partial charge is 0.0743 e. The number of nitrogens with one attached hydrogen (secondary N) is 1. The molecule has 1 fully saturated rings. The summed E-state index contributed by atoms with van der Waals surface area (Å²) in [5.41, 5.74) is -0.529. The normalized spacial score (nSPS) is 23.6. The van der Waals surface area contributed by atoms with E-state index in [1.165, 1.54) is 70.6 Å². The Balaban J connectivity index is 2.31. The molecule has 1 atom stereocenters. The summed E-state index contributed by atoms with van der Waals surface area (Å²) in [5, 5.41) is 13.9. The van der Waals surface area contributed by atoms with Gasteiger partial charge in [0.1, 0.15) is 0 Å². The van der Waals surface area contributed by atoms with Gasteiger partial charge in [0.15, 0.2) is 0 Å². The highest BCUT2D eigenvalue weighted by Gasteiger charge is 2.20. The van der Waals surface area contributed by atoms with Gasteiger partial charge in [-0.15, -0.1) is 0 Å². The van der Waals surface area contributed by atoms with Crippen molar-refractivity contribution in [3.8, 4) is 0 Å². The van der Waals surface area contributed by atoms with Gasteiger partial charge in [-0.05, 0) is 26.2 Å². The second-order valence-corrected chi connectivity index (χ2v) is 7.08. The zero-order valence-electron chi connectivity index (χ0n) is 13.9. The van der Waals surface area contributed by atoms with E-state index in [1.807, 2.05) is 6.92 Å². The Morgan fingerprint density at radius 3 is 1.80 bits per heavy atom. The summed E-state index contributed by atoms with van der Waals surface area (Å²) in [6, 6.07) is 0.623. The van der Waals surface area contributed by atoms with Crippen molar-refractivity contribution >= 4 is 0 Å². The molecule has 20 heavy (non-hydrogen) atoms.